The van der Waals surface area contributed by atoms with Crippen molar-refractivity contribution in [1.29, 1.82) is 0 Å². The summed E-state index contributed by atoms with van der Waals surface area (Å²) >= 11 is 7.55. The number of nitrogens with one attached hydrogen (secondary N) is 1. The number of esters is 2. The lowest BCUT2D eigenvalue weighted by molar-refractivity contribution is -0.119. The summed E-state index contributed by atoms with van der Waals surface area (Å²) in [6, 6.07) is 12.2. The lowest BCUT2D eigenvalue weighted by Crippen LogP contribution is -2.31. The van der Waals surface area contributed by atoms with Gasteiger partial charge in [0.1, 0.15) is 5.00 Å². The Balaban J connectivity index is 1.51. The molecular weight excluding hydrogens is 612 g/mol. The molecule has 0 bridgehead atoms. The normalized spacial score (nSPS) is 14.5. The van der Waals surface area contributed by atoms with Gasteiger partial charge in [0, 0.05) is 4.88 Å². The number of para-hydroxylation sites is 1. The van der Waals surface area contributed by atoms with E-state index in [2.05, 4.69) is 18.8 Å². The molecule has 4 rings (SSSR count). The van der Waals surface area contributed by atoms with Crippen LogP contribution in [0.5, 0.6) is 0 Å². The number of rotatable bonds is 11. The number of anilines is 2. The van der Waals surface area contributed by atoms with E-state index in [1.807, 2.05) is 0 Å². The molecule has 228 valence electrons. The van der Waals surface area contributed by atoms with Crippen LogP contribution in [-0.4, -0.2) is 45.5 Å². The molecule has 9 nitrogen and oxygen atoms in total. The van der Waals surface area contributed by atoms with Crippen LogP contribution in [0, 0.1) is 5.92 Å². The molecule has 43 heavy (non-hydrogen) atoms. The van der Waals surface area contributed by atoms with Gasteiger partial charge in [-0.25, -0.2) is 18.0 Å². The Morgan fingerprint density at radius 3 is 2.56 bits per heavy atom. The first kappa shape index (κ1) is 32.2. The minimum Gasteiger partial charge on any atom is -0.459 e. The van der Waals surface area contributed by atoms with Gasteiger partial charge >= 0.3 is 11.9 Å². The van der Waals surface area contributed by atoms with E-state index in [4.69, 9.17) is 21.1 Å². The van der Waals surface area contributed by atoms with E-state index < -0.39 is 34.5 Å². The summed E-state index contributed by atoms with van der Waals surface area (Å²) in [7, 11) is -4.11. The van der Waals surface area contributed by atoms with Crippen molar-refractivity contribution >= 4 is 61.5 Å². The molecule has 12 heteroatoms. The maximum atomic E-state index is 13.5. The van der Waals surface area contributed by atoms with Gasteiger partial charge in [-0.3, -0.25) is 9.10 Å². The molecule has 1 heterocycles. The highest BCUT2D eigenvalue weighted by molar-refractivity contribution is 7.92. The number of hydrogen-bond donors (Lipinski definition) is 1. The van der Waals surface area contributed by atoms with E-state index in [9.17, 15) is 22.8 Å². The average molecular weight is 645 g/mol. The van der Waals surface area contributed by atoms with Crippen molar-refractivity contribution in [3.05, 3.63) is 87.8 Å². The Kier molecular flexibility index (Phi) is 10.3. The van der Waals surface area contributed by atoms with E-state index >= 15 is 0 Å². The fourth-order valence-corrected chi connectivity index (χ4v) is 7.77. The van der Waals surface area contributed by atoms with Crippen LogP contribution in [0.2, 0.25) is 5.02 Å². The Hall–Kier alpha value is -3.67. The zero-order valence-electron chi connectivity index (χ0n) is 24.1. The summed E-state index contributed by atoms with van der Waals surface area (Å²) in [5.41, 5.74) is 1.42. The van der Waals surface area contributed by atoms with Crippen molar-refractivity contribution in [2.45, 2.75) is 51.0 Å². The number of fused-ring (bicyclic) bond motifs is 1. The predicted octanol–water partition coefficient (Wildman–Crippen LogP) is 6.27. The molecule has 1 aliphatic carbocycles. The highest BCUT2D eigenvalue weighted by Gasteiger charge is 2.30. The molecule has 0 spiro atoms. The van der Waals surface area contributed by atoms with Gasteiger partial charge in [-0.2, -0.15) is 0 Å². The quantitative estimate of drug-likeness (QED) is 0.193. The second-order valence-electron chi connectivity index (χ2n) is 10.4. The van der Waals surface area contributed by atoms with E-state index in [0.29, 0.717) is 28.6 Å². The minimum atomic E-state index is -4.11. The Morgan fingerprint density at radius 2 is 1.88 bits per heavy atom. The summed E-state index contributed by atoms with van der Waals surface area (Å²) in [4.78, 5) is 39.6. The summed E-state index contributed by atoms with van der Waals surface area (Å²) in [5, 5.41) is 3.00. The number of halogens is 1. The van der Waals surface area contributed by atoms with Gasteiger partial charge < -0.3 is 14.8 Å². The van der Waals surface area contributed by atoms with E-state index in [1.54, 1.807) is 44.2 Å². The third-order valence-corrected chi connectivity index (χ3v) is 10.0. The monoisotopic (exact) mass is 644 g/mol. The number of ether oxygens (including phenoxy) is 2. The SMILES string of the molecule is C=CCN(c1ccccc1)S(=O)(=O)c1ccc(Cl)c(C(=O)OCC(=O)Nc2sc3c(c2C(=O)OC(C)C)CCC(C)C3)c1. The van der Waals surface area contributed by atoms with Gasteiger partial charge in [0.15, 0.2) is 6.61 Å². The molecule has 1 atom stereocenters. The van der Waals surface area contributed by atoms with Crippen LogP contribution in [0.25, 0.3) is 0 Å². The van der Waals surface area contributed by atoms with Crippen LogP contribution in [0.15, 0.2) is 66.1 Å². The van der Waals surface area contributed by atoms with Gasteiger partial charge in [0.25, 0.3) is 15.9 Å². The van der Waals surface area contributed by atoms with E-state index in [-0.39, 0.29) is 28.1 Å². The predicted molar refractivity (Wildman–Crippen MR) is 168 cm³/mol. The van der Waals surface area contributed by atoms with Crippen LogP contribution < -0.4 is 9.62 Å². The van der Waals surface area contributed by atoms with Gasteiger partial charge in [-0.05, 0) is 74.9 Å². The number of benzene rings is 2. The van der Waals surface area contributed by atoms with Crippen LogP contribution in [0.3, 0.4) is 0 Å². The molecule has 0 aliphatic heterocycles. The maximum absolute atomic E-state index is 13.5. The van der Waals surface area contributed by atoms with E-state index in [1.165, 1.54) is 29.5 Å². The lowest BCUT2D eigenvalue weighted by Gasteiger charge is -2.23. The second-order valence-corrected chi connectivity index (χ2v) is 13.8. The summed E-state index contributed by atoms with van der Waals surface area (Å²) < 4.78 is 38.8. The van der Waals surface area contributed by atoms with Crippen molar-refractivity contribution in [3.63, 3.8) is 0 Å². The fraction of sp³-hybridized carbons (Fsp3) is 0.323. The molecule has 1 aliphatic rings. The largest absolute Gasteiger partial charge is 0.459 e. The molecular formula is C31H33ClN2O7S2. The first-order valence-electron chi connectivity index (χ1n) is 13.7. The first-order valence-corrected chi connectivity index (χ1v) is 16.4. The van der Waals surface area contributed by atoms with Crippen molar-refractivity contribution in [2.75, 3.05) is 22.8 Å². The van der Waals surface area contributed by atoms with Crippen molar-refractivity contribution < 1.29 is 32.3 Å². The topological polar surface area (TPSA) is 119 Å². The number of carbonyl (C=O) groups excluding carboxylic acids is 3. The fourth-order valence-electron chi connectivity index (χ4n) is 4.70. The minimum absolute atomic E-state index is 0.00726. The molecule has 0 fully saturated rings. The van der Waals surface area contributed by atoms with Gasteiger partial charge in [0.05, 0.1) is 39.4 Å². The van der Waals surface area contributed by atoms with Crippen molar-refractivity contribution in [3.8, 4) is 0 Å². The van der Waals surface area contributed by atoms with Gasteiger partial charge in [-0.1, -0.05) is 42.8 Å². The van der Waals surface area contributed by atoms with Gasteiger partial charge in [-0.15, -0.1) is 17.9 Å². The van der Waals surface area contributed by atoms with Crippen molar-refractivity contribution in [2.24, 2.45) is 5.92 Å². The first-order chi connectivity index (χ1) is 20.4. The molecule has 1 aromatic heterocycles. The van der Waals surface area contributed by atoms with Crippen LogP contribution in [0.4, 0.5) is 10.7 Å². The third-order valence-electron chi connectivity index (χ3n) is 6.73. The average Bonchev–Trinajstić information content (AvgIpc) is 3.31. The molecule has 1 amide bonds. The molecule has 0 radical (unpaired) electrons. The van der Waals surface area contributed by atoms with Crippen LogP contribution >= 0.6 is 22.9 Å². The molecule has 3 aromatic rings. The van der Waals surface area contributed by atoms with E-state index in [0.717, 1.165) is 33.7 Å². The Morgan fingerprint density at radius 1 is 1.16 bits per heavy atom. The summed E-state index contributed by atoms with van der Waals surface area (Å²) in [6.07, 6.45) is 3.53. The zero-order valence-corrected chi connectivity index (χ0v) is 26.5. The smallest absolute Gasteiger partial charge is 0.341 e. The Bertz CT molecular complexity index is 1630. The number of thiophene rings is 1. The van der Waals surface area contributed by atoms with Crippen LogP contribution in [0.1, 0.15) is 58.3 Å². The number of carbonyl (C=O) groups is 3. The zero-order chi connectivity index (χ0) is 31.3. The molecule has 0 saturated carbocycles. The number of nitrogens with zero attached hydrogens (tertiary/aromatic N) is 1. The molecule has 1 N–H and O–H groups in total. The molecule has 1 unspecified atom stereocenters. The molecule has 0 saturated heterocycles. The summed E-state index contributed by atoms with van der Waals surface area (Å²) in [5.74, 6) is -1.71. The van der Waals surface area contributed by atoms with Crippen molar-refractivity contribution in [1.82, 2.24) is 0 Å². The second kappa shape index (κ2) is 13.7. The number of sulfonamides is 1. The highest BCUT2D eigenvalue weighted by Crippen LogP contribution is 2.40. The third kappa shape index (κ3) is 7.46. The van der Waals surface area contributed by atoms with Crippen LogP contribution in [-0.2, 0) is 37.1 Å². The summed E-state index contributed by atoms with van der Waals surface area (Å²) in [6.45, 7) is 8.59. The van der Waals surface area contributed by atoms with Gasteiger partial charge in [0.2, 0.25) is 0 Å². The lowest BCUT2D eigenvalue weighted by atomic mass is 9.88. The molecule has 2 aromatic carbocycles. The Labute approximate surface area is 260 Å². The number of hydrogen-bond acceptors (Lipinski definition) is 8. The number of amides is 1. The highest BCUT2D eigenvalue weighted by atomic mass is 35.5. The maximum Gasteiger partial charge on any atom is 0.341 e. The standard InChI is InChI=1S/C31H33ClN2O7S2/c1-5-15-34(21-9-7-6-8-10-21)43(38,39)22-12-14-25(32)24(17-22)30(36)40-18-27(35)33-29-28(31(37)41-19(2)3)23-13-11-20(4)16-26(23)42-29/h5-10,12,14,17,19-20H,1,11,13,15-16,18H2,2-4H3,(H,33,35).